The van der Waals surface area contributed by atoms with Crippen LogP contribution >= 0.6 is 0 Å². The van der Waals surface area contributed by atoms with Crippen LogP contribution in [0.5, 0.6) is 5.75 Å². The van der Waals surface area contributed by atoms with Crippen LogP contribution in [0.1, 0.15) is 33.0 Å². The Morgan fingerprint density at radius 1 is 1.37 bits per heavy atom. The Kier molecular flexibility index (Phi) is 4.13. The van der Waals surface area contributed by atoms with Gasteiger partial charge in [0.25, 0.3) is 11.5 Å². The number of ether oxygens (including phenoxy) is 1. The van der Waals surface area contributed by atoms with Gasteiger partial charge in [-0.3, -0.25) is 9.69 Å². The summed E-state index contributed by atoms with van der Waals surface area (Å²) in [5.74, 6) is -2.92. The minimum atomic E-state index is -3.28. The van der Waals surface area contributed by atoms with Crippen molar-refractivity contribution in [1.29, 1.82) is 0 Å². The van der Waals surface area contributed by atoms with Gasteiger partial charge >= 0.3 is 6.09 Å². The van der Waals surface area contributed by atoms with Gasteiger partial charge in [0.2, 0.25) is 5.58 Å². The Hall–Kier alpha value is -3.17. The molecule has 0 saturated carbocycles. The summed E-state index contributed by atoms with van der Waals surface area (Å²) < 4.78 is 39.8. The molecule has 30 heavy (non-hydrogen) atoms. The molecule has 0 bridgehead atoms. The van der Waals surface area contributed by atoms with Crippen LogP contribution in [0.4, 0.5) is 13.6 Å². The average Bonchev–Trinajstić information content (AvgIpc) is 3.16. The van der Waals surface area contributed by atoms with Gasteiger partial charge in [0.15, 0.2) is 0 Å². The molecule has 0 radical (unpaired) electrons. The van der Waals surface area contributed by atoms with Crippen LogP contribution in [0.15, 0.2) is 27.4 Å². The second kappa shape index (κ2) is 6.16. The number of furan rings is 1. The summed E-state index contributed by atoms with van der Waals surface area (Å²) in [4.78, 5) is 32.4. The van der Waals surface area contributed by atoms with Crippen LogP contribution in [0, 0.1) is 5.41 Å². The minimum absolute atomic E-state index is 0.0716. The summed E-state index contributed by atoms with van der Waals surface area (Å²) in [5, 5.41) is 10.2. The van der Waals surface area contributed by atoms with Gasteiger partial charge in [-0.2, -0.15) is 0 Å². The molecule has 1 aliphatic heterocycles. The number of H-pyrrole nitrogens is 1. The summed E-state index contributed by atoms with van der Waals surface area (Å²) in [5.41, 5.74) is -2.97. The van der Waals surface area contributed by atoms with Gasteiger partial charge < -0.3 is 19.2 Å². The number of hydrogen-bond donors (Lipinski definition) is 2. The summed E-state index contributed by atoms with van der Waals surface area (Å²) in [6.45, 7) is 3.95. The van der Waals surface area contributed by atoms with Crippen molar-refractivity contribution in [1.82, 2.24) is 14.9 Å². The van der Waals surface area contributed by atoms with Gasteiger partial charge in [-0.25, -0.2) is 18.6 Å². The molecular formula is C20H21F2N3O5. The quantitative estimate of drug-likeness (QED) is 0.649. The van der Waals surface area contributed by atoms with Crippen molar-refractivity contribution < 1.29 is 27.8 Å². The standard InChI is InChI=1S/C20H21F2N3O5/c1-18(2,3)20(8-19(21,22)9-25(20)17(27)28)16-23-13-11-7-10(29-4)5-6-12(11)30-14(13)15(26)24-16/h5-7H,8-9H2,1-4H3,(H,27,28)(H,23,24,26). The second-order valence-corrected chi connectivity index (χ2v) is 8.57. The van der Waals surface area contributed by atoms with Gasteiger partial charge in [-0.15, -0.1) is 0 Å². The minimum Gasteiger partial charge on any atom is -0.497 e. The molecule has 1 aromatic carbocycles. The van der Waals surface area contributed by atoms with Crippen molar-refractivity contribution in [2.45, 2.75) is 38.7 Å². The van der Waals surface area contributed by atoms with E-state index in [1.54, 1.807) is 39.0 Å². The number of nitrogens with one attached hydrogen (secondary N) is 1. The molecule has 3 heterocycles. The van der Waals surface area contributed by atoms with Crippen LogP contribution in [0.3, 0.4) is 0 Å². The van der Waals surface area contributed by atoms with E-state index in [9.17, 15) is 23.5 Å². The number of alkyl halides is 2. The number of nitrogens with zero attached hydrogens (tertiary/aromatic N) is 2. The molecule has 3 aromatic rings. The number of rotatable bonds is 2. The summed E-state index contributed by atoms with van der Waals surface area (Å²) in [6.07, 6.45) is -2.31. The first kappa shape index (κ1) is 20.1. The van der Waals surface area contributed by atoms with Gasteiger partial charge in [0, 0.05) is 6.42 Å². The number of amides is 1. The van der Waals surface area contributed by atoms with Crippen LogP contribution in [0.25, 0.3) is 22.1 Å². The van der Waals surface area contributed by atoms with E-state index in [4.69, 9.17) is 9.15 Å². The lowest BCUT2D eigenvalue weighted by atomic mass is 9.70. The highest BCUT2D eigenvalue weighted by molar-refractivity contribution is 6.02. The Morgan fingerprint density at radius 3 is 2.67 bits per heavy atom. The van der Waals surface area contributed by atoms with Crippen LogP contribution in [-0.2, 0) is 5.54 Å². The highest BCUT2D eigenvalue weighted by Crippen LogP contribution is 2.54. The van der Waals surface area contributed by atoms with Crippen molar-refractivity contribution in [3.63, 3.8) is 0 Å². The molecule has 160 valence electrons. The number of methoxy groups -OCH3 is 1. The number of aromatic amines is 1. The Balaban J connectivity index is 2.07. The normalized spacial score (nSPS) is 21.5. The molecule has 8 nitrogen and oxygen atoms in total. The smallest absolute Gasteiger partial charge is 0.408 e. The van der Waals surface area contributed by atoms with E-state index in [2.05, 4.69) is 9.97 Å². The number of fused-ring (bicyclic) bond motifs is 3. The first-order valence-electron chi connectivity index (χ1n) is 9.29. The maximum atomic E-state index is 14.5. The molecule has 1 amide bonds. The first-order chi connectivity index (χ1) is 13.9. The largest absolute Gasteiger partial charge is 0.497 e. The SMILES string of the molecule is COc1ccc2oc3c(=O)[nH]c(C4(C(C)(C)C)CC(F)(F)CN4C(=O)O)nc3c2c1. The zero-order chi connectivity index (χ0) is 22.1. The molecule has 1 unspecified atom stereocenters. The number of likely N-dealkylation sites (tertiary alicyclic amines) is 1. The number of aromatic nitrogens is 2. The molecule has 1 saturated heterocycles. The predicted molar refractivity (Wildman–Crippen MR) is 104 cm³/mol. The third kappa shape index (κ3) is 2.73. The van der Waals surface area contributed by atoms with Gasteiger partial charge in [-0.1, -0.05) is 20.8 Å². The molecule has 1 atom stereocenters. The number of benzene rings is 1. The highest BCUT2D eigenvalue weighted by Gasteiger charge is 2.64. The fourth-order valence-corrected chi connectivity index (χ4v) is 4.32. The maximum absolute atomic E-state index is 14.5. The third-order valence-corrected chi connectivity index (χ3v) is 5.76. The lowest BCUT2D eigenvalue weighted by molar-refractivity contribution is 0.000543. The molecule has 0 spiro atoms. The van der Waals surface area contributed by atoms with Crippen LogP contribution in [0.2, 0.25) is 0 Å². The number of hydrogen-bond acceptors (Lipinski definition) is 5. The summed E-state index contributed by atoms with van der Waals surface area (Å²) >= 11 is 0. The zero-order valence-electron chi connectivity index (χ0n) is 16.9. The Labute approximate surface area is 169 Å². The van der Waals surface area contributed by atoms with Crippen molar-refractivity contribution in [3.05, 3.63) is 34.4 Å². The second-order valence-electron chi connectivity index (χ2n) is 8.57. The first-order valence-corrected chi connectivity index (χ1v) is 9.29. The fourth-order valence-electron chi connectivity index (χ4n) is 4.32. The van der Waals surface area contributed by atoms with Gasteiger partial charge in [0.1, 0.15) is 28.2 Å². The van der Waals surface area contributed by atoms with E-state index in [0.29, 0.717) is 21.6 Å². The fraction of sp³-hybridized carbons (Fsp3) is 0.450. The highest BCUT2D eigenvalue weighted by atomic mass is 19.3. The van der Waals surface area contributed by atoms with E-state index < -0.39 is 41.5 Å². The molecule has 1 aliphatic rings. The lowest BCUT2D eigenvalue weighted by Gasteiger charge is -2.45. The van der Waals surface area contributed by atoms with Crippen molar-refractivity contribution in [2.75, 3.05) is 13.7 Å². The molecular weight excluding hydrogens is 400 g/mol. The maximum Gasteiger partial charge on any atom is 0.408 e. The topological polar surface area (TPSA) is 109 Å². The van der Waals surface area contributed by atoms with Crippen molar-refractivity contribution in [3.8, 4) is 5.75 Å². The predicted octanol–water partition coefficient (Wildman–Crippen LogP) is 3.94. The zero-order valence-corrected chi connectivity index (χ0v) is 16.9. The molecule has 1 fully saturated rings. The molecule has 0 aliphatic carbocycles. The van der Waals surface area contributed by atoms with E-state index in [0.717, 1.165) is 0 Å². The van der Waals surface area contributed by atoms with Crippen LogP contribution in [-0.4, -0.2) is 45.6 Å². The van der Waals surface area contributed by atoms with E-state index in [1.807, 2.05) is 0 Å². The Morgan fingerprint density at radius 2 is 2.07 bits per heavy atom. The van der Waals surface area contributed by atoms with E-state index in [-0.39, 0.29) is 16.9 Å². The number of carboxylic acid groups (broad SMARTS) is 1. The van der Waals surface area contributed by atoms with E-state index in [1.165, 1.54) is 7.11 Å². The lowest BCUT2D eigenvalue weighted by Crippen LogP contribution is -2.54. The van der Waals surface area contributed by atoms with Crippen molar-refractivity contribution in [2.24, 2.45) is 5.41 Å². The Bertz CT molecular complexity index is 1230. The van der Waals surface area contributed by atoms with Gasteiger partial charge in [0.05, 0.1) is 19.0 Å². The van der Waals surface area contributed by atoms with E-state index >= 15 is 0 Å². The monoisotopic (exact) mass is 421 g/mol. The third-order valence-electron chi connectivity index (χ3n) is 5.76. The average molecular weight is 421 g/mol. The van der Waals surface area contributed by atoms with Gasteiger partial charge in [-0.05, 0) is 23.6 Å². The summed E-state index contributed by atoms with van der Waals surface area (Å²) in [6, 6.07) is 4.89. The number of halogens is 2. The van der Waals surface area contributed by atoms with Crippen LogP contribution < -0.4 is 10.3 Å². The molecule has 2 N–H and O–H groups in total. The summed E-state index contributed by atoms with van der Waals surface area (Å²) in [7, 11) is 1.48. The molecule has 4 rings (SSSR count). The molecule has 2 aromatic heterocycles. The number of carbonyl (C=O) groups is 1. The molecule has 10 heteroatoms. The van der Waals surface area contributed by atoms with Crippen molar-refractivity contribution >= 4 is 28.2 Å².